The first-order valence-corrected chi connectivity index (χ1v) is 8.41. The topological polar surface area (TPSA) is 72.0 Å². The highest BCUT2D eigenvalue weighted by atomic mass is 19.1. The largest absolute Gasteiger partial charge is 0.492 e. The fraction of sp³-hybridized carbons (Fsp3) is 0.211. The molecule has 26 heavy (non-hydrogen) atoms. The molecule has 134 valence electrons. The summed E-state index contributed by atoms with van der Waals surface area (Å²) >= 11 is 0. The molecule has 0 aliphatic heterocycles. The second-order valence-corrected chi connectivity index (χ2v) is 5.52. The molecule has 0 aliphatic rings. The lowest BCUT2D eigenvalue weighted by atomic mass is 10.1. The van der Waals surface area contributed by atoms with E-state index in [1.54, 1.807) is 18.3 Å². The van der Waals surface area contributed by atoms with E-state index in [2.05, 4.69) is 25.8 Å². The van der Waals surface area contributed by atoms with Crippen molar-refractivity contribution in [1.82, 2.24) is 15.2 Å². The number of hydrogen-bond acceptors (Lipinski definition) is 6. The van der Waals surface area contributed by atoms with Crippen molar-refractivity contribution in [1.29, 1.82) is 0 Å². The SMILES string of the molecule is CCOc1ccccc1Nc1cnnc(NCCc2ccc(F)cc2)n1. The highest BCUT2D eigenvalue weighted by Crippen LogP contribution is 2.26. The molecule has 1 aromatic heterocycles. The zero-order chi connectivity index (χ0) is 18.2. The van der Waals surface area contributed by atoms with Crippen LogP contribution < -0.4 is 15.4 Å². The van der Waals surface area contributed by atoms with Crippen LogP contribution in [0.4, 0.5) is 21.8 Å². The Morgan fingerprint density at radius 3 is 2.69 bits per heavy atom. The van der Waals surface area contributed by atoms with Crippen LogP contribution in [0, 0.1) is 5.82 Å². The van der Waals surface area contributed by atoms with E-state index >= 15 is 0 Å². The zero-order valence-corrected chi connectivity index (χ0v) is 14.4. The minimum absolute atomic E-state index is 0.236. The van der Waals surface area contributed by atoms with E-state index in [4.69, 9.17) is 4.74 Å². The summed E-state index contributed by atoms with van der Waals surface area (Å²) in [5.74, 6) is 1.50. The van der Waals surface area contributed by atoms with Crippen molar-refractivity contribution in [2.24, 2.45) is 0 Å². The van der Waals surface area contributed by atoms with E-state index in [1.807, 2.05) is 31.2 Å². The van der Waals surface area contributed by atoms with E-state index in [-0.39, 0.29) is 5.82 Å². The third kappa shape index (κ3) is 4.89. The number of anilines is 3. The van der Waals surface area contributed by atoms with E-state index in [0.29, 0.717) is 24.9 Å². The van der Waals surface area contributed by atoms with Crippen LogP contribution in [0.1, 0.15) is 12.5 Å². The van der Waals surface area contributed by atoms with Crippen molar-refractivity contribution in [3.05, 3.63) is 66.1 Å². The maximum absolute atomic E-state index is 12.9. The summed E-state index contributed by atoms with van der Waals surface area (Å²) < 4.78 is 18.5. The molecule has 0 fully saturated rings. The first-order valence-electron chi connectivity index (χ1n) is 8.41. The Morgan fingerprint density at radius 1 is 1.08 bits per heavy atom. The fourth-order valence-corrected chi connectivity index (χ4v) is 2.40. The van der Waals surface area contributed by atoms with Gasteiger partial charge in [-0.3, -0.25) is 0 Å². The Kier molecular flexibility index (Phi) is 5.92. The molecule has 3 aromatic rings. The maximum Gasteiger partial charge on any atom is 0.244 e. The number of aromatic nitrogens is 3. The lowest BCUT2D eigenvalue weighted by Gasteiger charge is -2.12. The molecular formula is C19H20FN5O. The van der Waals surface area contributed by atoms with Crippen LogP contribution >= 0.6 is 0 Å². The normalized spacial score (nSPS) is 10.4. The van der Waals surface area contributed by atoms with Gasteiger partial charge in [-0.15, -0.1) is 5.10 Å². The van der Waals surface area contributed by atoms with Gasteiger partial charge < -0.3 is 15.4 Å². The Bertz CT molecular complexity index is 841. The van der Waals surface area contributed by atoms with Gasteiger partial charge in [-0.25, -0.2) is 4.39 Å². The molecule has 0 atom stereocenters. The molecule has 0 amide bonds. The smallest absolute Gasteiger partial charge is 0.244 e. The van der Waals surface area contributed by atoms with Gasteiger partial charge >= 0.3 is 0 Å². The van der Waals surface area contributed by atoms with Gasteiger partial charge in [0, 0.05) is 6.54 Å². The molecule has 2 aromatic carbocycles. The van der Waals surface area contributed by atoms with Gasteiger partial charge in [0.25, 0.3) is 0 Å². The Labute approximate surface area is 151 Å². The summed E-state index contributed by atoms with van der Waals surface area (Å²) in [6, 6.07) is 14.1. The summed E-state index contributed by atoms with van der Waals surface area (Å²) in [6.45, 7) is 3.13. The Morgan fingerprint density at radius 2 is 1.88 bits per heavy atom. The molecule has 2 N–H and O–H groups in total. The van der Waals surface area contributed by atoms with Crippen LogP contribution in [0.3, 0.4) is 0 Å². The first-order chi connectivity index (χ1) is 12.7. The van der Waals surface area contributed by atoms with Gasteiger partial charge in [-0.05, 0) is 43.2 Å². The highest BCUT2D eigenvalue weighted by Gasteiger charge is 2.05. The summed E-state index contributed by atoms with van der Waals surface area (Å²) in [5, 5.41) is 14.3. The minimum Gasteiger partial charge on any atom is -0.492 e. The summed E-state index contributed by atoms with van der Waals surface area (Å²) in [4.78, 5) is 4.40. The molecular weight excluding hydrogens is 333 g/mol. The van der Waals surface area contributed by atoms with Crippen molar-refractivity contribution in [3.8, 4) is 5.75 Å². The fourth-order valence-electron chi connectivity index (χ4n) is 2.40. The third-order valence-corrected chi connectivity index (χ3v) is 3.62. The first kappa shape index (κ1) is 17.6. The molecule has 0 saturated heterocycles. The molecule has 0 aliphatic carbocycles. The number of hydrogen-bond donors (Lipinski definition) is 2. The summed E-state index contributed by atoms with van der Waals surface area (Å²) in [6.07, 6.45) is 2.28. The van der Waals surface area contributed by atoms with E-state index < -0.39 is 0 Å². The van der Waals surface area contributed by atoms with Crippen LogP contribution in [0.2, 0.25) is 0 Å². The zero-order valence-electron chi connectivity index (χ0n) is 14.4. The average Bonchev–Trinajstić information content (AvgIpc) is 2.66. The van der Waals surface area contributed by atoms with Gasteiger partial charge in [0.15, 0.2) is 5.82 Å². The van der Waals surface area contributed by atoms with Crippen molar-refractivity contribution in [3.63, 3.8) is 0 Å². The van der Waals surface area contributed by atoms with E-state index in [1.165, 1.54) is 12.1 Å². The number of para-hydroxylation sites is 2. The van der Waals surface area contributed by atoms with Crippen molar-refractivity contribution >= 4 is 17.5 Å². The molecule has 0 spiro atoms. The van der Waals surface area contributed by atoms with Crippen molar-refractivity contribution in [2.75, 3.05) is 23.8 Å². The van der Waals surface area contributed by atoms with Crippen LogP contribution in [0.5, 0.6) is 5.75 Å². The molecule has 7 heteroatoms. The third-order valence-electron chi connectivity index (χ3n) is 3.62. The Hall–Kier alpha value is -3.22. The van der Waals surface area contributed by atoms with Gasteiger partial charge in [-0.1, -0.05) is 24.3 Å². The van der Waals surface area contributed by atoms with Crippen LogP contribution in [-0.4, -0.2) is 28.3 Å². The summed E-state index contributed by atoms with van der Waals surface area (Å²) in [5.41, 5.74) is 1.85. The lowest BCUT2D eigenvalue weighted by Crippen LogP contribution is -2.10. The molecule has 0 saturated carbocycles. The van der Waals surface area contributed by atoms with Crippen molar-refractivity contribution in [2.45, 2.75) is 13.3 Å². The van der Waals surface area contributed by atoms with Gasteiger partial charge in [-0.2, -0.15) is 10.1 Å². The second kappa shape index (κ2) is 8.75. The number of nitrogens with zero attached hydrogens (tertiary/aromatic N) is 3. The minimum atomic E-state index is -0.236. The molecule has 6 nitrogen and oxygen atoms in total. The quantitative estimate of drug-likeness (QED) is 0.642. The van der Waals surface area contributed by atoms with Crippen LogP contribution in [-0.2, 0) is 6.42 Å². The predicted octanol–water partition coefficient (Wildman–Crippen LogP) is 3.81. The van der Waals surface area contributed by atoms with Crippen LogP contribution in [0.25, 0.3) is 0 Å². The number of benzene rings is 2. The number of halogens is 1. The number of ether oxygens (including phenoxy) is 1. The lowest BCUT2D eigenvalue weighted by molar-refractivity contribution is 0.342. The van der Waals surface area contributed by atoms with Gasteiger partial charge in [0.05, 0.1) is 18.5 Å². The molecule has 0 radical (unpaired) electrons. The molecule has 0 bridgehead atoms. The second-order valence-electron chi connectivity index (χ2n) is 5.52. The van der Waals surface area contributed by atoms with E-state index in [0.717, 1.165) is 23.4 Å². The number of rotatable bonds is 8. The van der Waals surface area contributed by atoms with Gasteiger partial charge in [0.1, 0.15) is 11.6 Å². The summed E-state index contributed by atoms with van der Waals surface area (Å²) in [7, 11) is 0. The number of nitrogens with one attached hydrogen (secondary N) is 2. The van der Waals surface area contributed by atoms with Gasteiger partial charge in [0.2, 0.25) is 5.95 Å². The average molecular weight is 353 g/mol. The maximum atomic E-state index is 12.9. The predicted molar refractivity (Wildman–Crippen MR) is 99.3 cm³/mol. The van der Waals surface area contributed by atoms with Crippen LogP contribution in [0.15, 0.2) is 54.7 Å². The monoisotopic (exact) mass is 353 g/mol. The van der Waals surface area contributed by atoms with E-state index in [9.17, 15) is 4.39 Å². The highest BCUT2D eigenvalue weighted by molar-refractivity contribution is 5.63. The molecule has 3 rings (SSSR count). The Balaban J connectivity index is 1.60. The van der Waals surface area contributed by atoms with Crippen molar-refractivity contribution < 1.29 is 9.13 Å². The molecule has 1 heterocycles. The molecule has 0 unspecified atom stereocenters. The standard InChI is InChI=1S/C19H20FN5O/c1-2-26-17-6-4-3-5-16(17)23-18-13-22-25-19(24-18)21-12-11-14-7-9-15(20)10-8-14/h3-10,13H,2,11-12H2,1H3,(H2,21,23,24,25).